The number of esters is 3. The van der Waals surface area contributed by atoms with E-state index in [9.17, 15) is 24.0 Å². The van der Waals surface area contributed by atoms with Crippen LogP contribution in [0.15, 0.2) is 0 Å². The summed E-state index contributed by atoms with van der Waals surface area (Å²) in [5.41, 5.74) is 11.3. The van der Waals surface area contributed by atoms with Gasteiger partial charge in [0.15, 0.2) is 0 Å². The summed E-state index contributed by atoms with van der Waals surface area (Å²) < 4.78 is 16.1. The van der Waals surface area contributed by atoms with Gasteiger partial charge in [0, 0.05) is 25.2 Å². The maximum absolute atomic E-state index is 12.6. The van der Waals surface area contributed by atoms with Gasteiger partial charge in [0.05, 0.1) is 38.6 Å². The van der Waals surface area contributed by atoms with Crippen molar-refractivity contribution in [3.8, 4) is 0 Å². The summed E-state index contributed by atoms with van der Waals surface area (Å²) in [6.07, 6.45) is 24.6. The number of carbonyl (C=O) groups is 5. The third-order valence-electron chi connectivity index (χ3n) is 9.34. The fraction of sp³-hybridized carbons (Fsp3) is 0.878. The van der Waals surface area contributed by atoms with Crippen LogP contribution in [0.4, 0.5) is 0 Å². The quantitative estimate of drug-likeness (QED) is 0.0322. The Bertz CT molecular complexity index is 878. The van der Waals surface area contributed by atoms with Crippen LogP contribution in [-0.4, -0.2) is 68.6 Å². The number of rotatable bonds is 38. The largest absolute Gasteiger partial charge is 0.465 e. The number of carbonyl (C=O) groups excluding carboxylic acids is 5. The monoisotopic (exact) mass is 740 g/mol. The van der Waals surface area contributed by atoms with E-state index in [1.807, 2.05) is 0 Å². The Hall–Kier alpha value is -2.53. The van der Waals surface area contributed by atoms with Gasteiger partial charge in [-0.25, -0.2) is 0 Å². The normalized spacial score (nSPS) is 12.2. The molecule has 0 saturated heterocycles. The predicted molar refractivity (Wildman–Crippen MR) is 207 cm³/mol. The maximum Gasteiger partial charge on any atom is 0.306 e. The van der Waals surface area contributed by atoms with Crippen LogP contribution in [0, 0.1) is 5.92 Å². The smallest absolute Gasteiger partial charge is 0.306 e. The minimum Gasteiger partial charge on any atom is -0.465 e. The third kappa shape index (κ3) is 33.3. The summed E-state index contributed by atoms with van der Waals surface area (Å²) in [4.78, 5) is 61.7. The Labute approximate surface area is 316 Å². The van der Waals surface area contributed by atoms with Crippen molar-refractivity contribution in [3.63, 3.8) is 0 Å². The van der Waals surface area contributed by atoms with Crippen LogP contribution in [0.1, 0.15) is 187 Å². The molecule has 0 spiro atoms. The molecule has 0 heterocycles. The van der Waals surface area contributed by atoms with Gasteiger partial charge in [-0.3, -0.25) is 24.0 Å². The Morgan fingerprint density at radius 3 is 1.50 bits per heavy atom. The summed E-state index contributed by atoms with van der Waals surface area (Å²) in [7, 11) is 0. The molecule has 0 aromatic rings. The van der Waals surface area contributed by atoms with Gasteiger partial charge >= 0.3 is 17.9 Å². The molecular formula is C41H77N3O8. The topological polar surface area (TPSA) is 177 Å². The highest BCUT2D eigenvalue weighted by Gasteiger charge is 2.18. The SMILES string of the molecule is CCCCCCCCCCCC(=O)CC[C@H](COC(=O)CCCCCCCCCCC)COC(=O)CCC(=O)OCCNC(=O)C(N)CCCCN. The molecule has 5 N–H and O–H groups in total. The van der Waals surface area contributed by atoms with Crippen LogP contribution in [0.3, 0.4) is 0 Å². The standard InChI is InChI=1S/C41H77N3O8/c1-3-5-7-9-11-13-15-17-19-23-36(45)27-26-35(33-51-38(46)25-20-18-16-14-12-10-8-6-4-2)34-52-40(48)29-28-39(47)50-32-31-44-41(49)37(43)24-21-22-30-42/h35,37H,3-34,42-43H2,1-2H3,(H,44,49)/t35-,37?/m1/s1. The van der Waals surface area contributed by atoms with Crippen molar-refractivity contribution in [2.45, 2.75) is 193 Å². The number of ketones is 1. The summed E-state index contributed by atoms with van der Waals surface area (Å²) in [6.45, 7) is 5.16. The molecule has 52 heavy (non-hydrogen) atoms. The van der Waals surface area contributed by atoms with Crippen LogP contribution in [0.5, 0.6) is 0 Å². The lowest BCUT2D eigenvalue weighted by atomic mass is 10.00. The molecule has 2 atom stereocenters. The van der Waals surface area contributed by atoms with Crippen LogP contribution < -0.4 is 16.8 Å². The summed E-state index contributed by atoms with van der Waals surface area (Å²) in [5.74, 6) is -1.87. The number of nitrogens with one attached hydrogen (secondary N) is 1. The van der Waals surface area contributed by atoms with Crippen LogP contribution in [0.25, 0.3) is 0 Å². The number of nitrogens with two attached hydrogens (primary N) is 2. The first-order chi connectivity index (χ1) is 25.2. The molecule has 1 unspecified atom stereocenters. The fourth-order valence-corrected chi connectivity index (χ4v) is 5.87. The summed E-state index contributed by atoms with van der Waals surface area (Å²) in [6, 6.07) is -0.637. The van der Waals surface area contributed by atoms with Gasteiger partial charge in [0.2, 0.25) is 5.91 Å². The highest BCUT2D eigenvalue weighted by atomic mass is 16.5. The van der Waals surface area contributed by atoms with E-state index in [4.69, 9.17) is 25.7 Å². The molecule has 0 fully saturated rings. The van der Waals surface area contributed by atoms with E-state index in [1.165, 1.54) is 77.0 Å². The van der Waals surface area contributed by atoms with Crippen LogP contribution >= 0.6 is 0 Å². The molecule has 1 amide bonds. The lowest BCUT2D eigenvalue weighted by molar-refractivity contribution is -0.153. The van der Waals surface area contributed by atoms with Crippen molar-refractivity contribution in [1.82, 2.24) is 5.32 Å². The lowest BCUT2D eigenvalue weighted by Gasteiger charge is -2.17. The second-order valence-electron chi connectivity index (χ2n) is 14.4. The first-order valence-corrected chi connectivity index (χ1v) is 20.9. The van der Waals surface area contributed by atoms with Crippen LogP contribution in [-0.2, 0) is 38.2 Å². The van der Waals surface area contributed by atoms with Crippen molar-refractivity contribution < 1.29 is 38.2 Å². The first kappa shape index (κ1) is 49.5. The highest BCUT2D eigenvalue weighted by Crippen LogP contribution is 2.16. The number of hydrogen-bond acceptors (Lipinski definition) is 10. The zero-order valence-corrected chi connectivity index (χ0v) is 33.2. The summed E-state index contributed by atoms with van der Waals surface area (Å²) in [5, 5.41) is 2.63. The average Bonchev–Trinajstić information content (AvgIpc) is 3.13. The Morgan fingerprint density at radius 2 is 0.981 bits per heavy atom. The van der Waals surface area contributed by atoms with E-state index >= 15 is 0 Å². The summed E-state index contributed by atoms with van der Waals surface area (Å²) >= 11 is 0. The highest BCUT2D eigenvalue weighted by molar-refractivity contribution is 5.81. The Balaban J connectivity index is 4.52. The Morgan fingerprint density at radius 1 is 0.519 bits per heavy atom. The molecule has 11 heteroatoms. The number of Topliss-reactive ketones (excluding diaryl/α,β-unsaturated/α-hetero) is 1. The van der Waals surface area contributed by atoms with E-state index in [2.05, 4.69) is 19.2 Å². The second kappa shape index (κ2) is 36.8. The van der Waals surface area contributed by atoms with Gasteiger partial charge < -0.3 is 31.0 Å². The van der Waals surface area contributed by atoms with Gasteiger partial charge in [0.1, 0.15) is 12.4 Å². The van der Waals surface area contributed by atoms with Crippen LogP contribution in [0.2, 0.25) is 0 Å². The molecule has 0 aliphatic carbocycles. The molecule has 0 aliphatic heterocycles. The molecule has 304 valence electrons. The molecule has 0 aromatic carbocycles. The number of hydrogen-bond donors (Lipinski definition) is 3. The molecule has 0 aromatic heterocycles. The van der Waals surface area contributed by atoms with Gasteiger partial charge in [-0.2, -0.15) is 0 Å². The van der Waals surface area contributed by atoms with E-state index in [0.29, 0.717) is 38.6 Å². The van der Waals surface area contributed by atoms with Crippen molar-refractivity contribution in [2.75, 3.05) is 32.9 Å². The van der Waals surface area contributed by atoms with Gasteiger partial charge in [-0.1, -0.05) is 123 Å². The van der Waals surface area contributed by atoms with Crippen molar-refractivity contribution in [2.24, 2.45) is 17.4 Å². The molecule has 0 bridgehead atoms. The molecular weight excluding hydrogens is 662 g/mol. The van der Waals surface area contributed by atoms with E-state index in [0.717, 1.165) is 51.4 Å². The van der Waals surface area contributed by atoms with Crippen molar-refractivity contribution >= 4 is 29.6 Å². The van der Waals surface area contributed by atoms with Crippen molar-refractivity contribution in [1.29, 1.82) is 0 Å². The average molecular weight is 740 g/mol. The number of ether oxygens (including phenoxy) is 3. The van der Waals surface area contributed by atoms with Gasteiger partial charge in [-0.05, 0) is 38.6 Å². The Kier molecular flexibility index (Phi) is 35.0. The van der Waals surface area contributed by atoms with E-state index in [1.54, 1.807) is 0 Å². The van der Waals surface area contributed by atoms with Gasteiger partial charge in [0.25, 0.3) is 0 Å². The molecule has 0 radical (unpaired) electrons. The van der Waals surface area contributed by atoms with E-state index in [-0.39, 0.29) is 62.8 Å². The number of amides is 1. The minimum absolute atomic E-state index is 0.00205. The fourth-order valence-electron chi connectivity index (χ4n) is 5.87. The molecule has 0 aliphatic rings. The lowest BCUT2D eigenvalue weighted by Crippen LogP contribution is -2.41. The van der Waals surface area contributed by atoms with E-state index < -0.39 is 18.0 Å². The first-order valence-electron chi connectivity index (χ1n) is 20.9. The zero-order chi connectivity index (χ0) is 38.5. The maximum atomic E-state index is 12.6. The zero-order valence-electron chi connectivity index (χ0n) is 33.2. The second-order valence-corrected chi connectivity index (χ2v) is 14.4. The van der Waals surface area contributed by atoms with Crippen molar-refractivity contribution in [3.05, 3.63) is 0 Å². The predicted octanol–water partition coefficient (Wildman–Crippen LogP) is 7.78. The number of unbranched alkanes of at least 4 members (excludes halogenated alkanes) is 17. The van der Waals surface area contributed by atoms with Gasteiger partial charge in [-0.15, -0.1) is 0 Å². The molecule has 11 nitrogen and oxygen atoms in total. The minimum atomic E-state index is -0.637. The molecule has 0 rings (SSSR count). The third-order valence-corrected chi connectivity index (χ3v) is 9.34. The molecule has 0 saturated carbocycles.